The second-order valence-electron chi connectivity index (χ2n) is 5.71. The molecular weight excluding hydrogens is 342 g/mol. The Morgan fingerprint density at radius 2 is 1.81 bits per heavy atom. The number of benzene rings is 2. The molecule has 3 rings (SSSR count). The fraction of sp³-hybridized carbons (Fsp3) is 0.0476. The highest BCUT2D eigenvalue weighted by molar-refractivity contribution is 5.96. The first-order chi connectivity index (χ1) is 13.2. The summed E-state index contributed by atoms with van der Waals surface area (Å²) >= 11 is 0. The third-order valence-electron chi connectivity index (χ3n) is 3.68. The van der Waals surface area contributed by atoms with Crippen LogP contribution in [0.3, 0.4) is 0 Å². The van der Waals surface area contributed by atoms with Crippen LogP contribution in [0.25, 0.3) is 6.08 Å². The van der Waals surface area contributed by atoms with Crippen molar-refractivity contribution in [1.82, 2.24) is 15.8 Å². The molecule has 2 amide bonds. The molecule has 0 unspecified atom stereocenters. The van der Waals surface area contributed by atoms with Gasteiger partial charge in [0.25, 0.3) is 11.8 Å². The molecule has 0 aliphatic carbocycles. The fourth-order valence-corrected chi connectivity index (χ4v) is 2.32. The van der Waals surface area contributed by atoms with Gasteiger partial charge in [0.15, 0.2) is 0 Å². The first-order valence-corrected chi connectivity index (χ1v) is 8.39. The summed E-state index contributed by atoms with van der Waals surface area (Å²) in [6, 6.07) is 20.6. The number of hydrogen-bond donors (Lipinski definition) is 3. The van der Waals surface area contributed by atoms with Gasteiger partial charge >= 0.3 is 0 Å². The van der Waals surface area contributed by atoms with Crippen molar-refractivity contribution in [2.24, 2.45) is 0 Å². The number of nitrogens with one attached hydrogen (secondary N) is 3. The summed E-state index contributed by atoms with van der Waals surface area (Å²) in [7, 11) is 0. The molecule has 3 aromatic rings. The van der Waals surface area contributed by atoms with Gasteiger partial charge in [0.05, 0.1) is 0 Å². The predicted octanol–water partition coefficient (Wildman–Crippen LogP) is 3.07. The third-order valence-corrected chi connectivity index (χ3v) is 3.68. The van der Waals surface area contributed by atoms with Crippen molar-refractivity contribution in [2.45, 2.75) is 6.61 Å². The van der Waals surface area contributed by atoms with Crippen molar-refractivity contribution < 1.29 is 14.3 Å². The molecule has 136 valence electrons. The summed E-state index contributed by atoms with van der Waals surface area (Å²) in [4.78, 5) is 26.3. The van der Waals surface area contributed by atoms with Crippen LogP contribution in [0.1, 0.15) is 21.6 Å². The van der Waals surface area contributed by atoms with Crippen molar-refractivity contribution >= 4 is 17.9 Å². The van der Waals surface area contributed by atoms with Crippen LogP contribution in [-0.4, -0.2) is 16.8 Å². The number of amides is 2. The highest BCUT2D eigenvalue weighted by Gasteiger charge is 2.05. The van der Waals surface area contributed by atoms with E-state index in [1.54, 1.807) is 24.4 Å². The Hall–Kier alpha value is -3.80. The molecule has 0 saturated carbocycles. The zero-order valence-electron chi connectivity index (χ0n) is 14.5. The second kappa shape index (κ2) is 9.05. The lowest BCUT2D eigenvalue weighted by Gasteiger charge is -2.07. The highest BCUT2D eigenvalue weighted by atomic mass is 16.5. The van der Waals surface area contributed by atoms with Crippen LogP contribution in [0, 0.1) is 0 Å². The van der Waals surface area contributed by atoms with Gasteiger partial charge < -0.3 is 9.72 Å². The predicted molar refractivity (Wildman–Crippen MR) is 103 cm³/mol. The standard InChI is InChI=1S/C21H19N3O3/c25-20(23-24-21(26)19-10-5-13-22-19)12-11-16-8-4-9-18(14-16)27-15-17-6-2-1-3-7-17/h1-14,22H,15H2,(H,23,25)(H,24,26)/b12-11+. The lowest BCUT2D eigenvalue weighted by molar-refractivity contribution is -0.117. The molecule has 1 heterocycles. The van der Waals surface area contributed by atoms with Gasteiger partial charge in [-0.05, 0) is 41.5 Å². The molecule has 0 saturated heterocycles. The van der Waals surface area contributed by atoms with E-state index in [0.717, 1.165) is 11.1 Å². The minimum atomic E-state index is -0.439. The van der Waals surface area contributed by atoms with Crippen LogP contribution >= 0.6 is 0 Å². The zero-order chi connectivity index (χ0) is 18.9. The summed E-state index contributed by atoms with van der Waals surface area (Å²) < 4.78 is 5.76. The zero-order valence-corrected chi connectivity index (χ0v) is 14.5. The Bertz CT molecular complexity index is 919. The molecule has 0 aliphatic heterocycles. The quantitative estimate of drug-likeness (QED) is 0.466. The summed E-state index contributed by atoms with van der Waals surface area (Å²) in [5.74, 6) is -0.148. The maximum Gasteiger partial charge on any atom is 0.286 e. The van der Waals surface area contributed by atoms with Gasteiger partial charge in [0.2, 0.25) is 0 Å². The molecular formula is C21H19N3O3. The molecule has 0 spiro atoms. The number of carbonyl (C=O) groups excluding carboxylic acids is 2. The average molecular weight is 361 g/mol. The van der Waals surface area contributed by atoms with Crippen LogP contribution in [-0.2, 0) is 11.4 Å². The van der Waals surface area contributed by atoms with Gasteiger partial charge in [-0.2, -0.15) is 0 Å². The van der Waals surface area contributed by atoms with E-state index >= 15 is 0 Å². The van der Waals surface area contributed by atoms with Crippen LogP contribution < -0.4 is 15.6 Å². The molecule has 0 aliphatic rings. The average Bonchev–Trinajstić information content (AvgIpc) is 3.25. The molecule has 1 aromatic heterocycles. The van der Waals surface area contributed by atoms with Crippen molar-refractivity contribution in [3.05, 3.63) is 95.8 Å². The van der Waals surface area contributed by atoms with Crippen molar-refractivity contribution in [3.8, 4) is 5.75 Å². The van der Waals surface area contributed by atoms with Crippen molar-refractivity contribution in [3.63, 3.8) is 0 Å². The van der Waals surface area contributed by atoms with Gasteiger partial charge in [-0.25, -0.2) is 0 Å². The molecule has 0 fully saturated rings. The lowest BCUT2D eigenvalue weighted by Crippen LogP contribution is -2.40. The third kappa shape index (κ3) is 5.61. The number of hydrazine groups is 1. The Kier molecular flexibility index (Phi) is 6.04. The van der Waals surface area contributed by atoms with Crippen molar-refractivity contribution in [1.29, 1.82) is 0 Å². The minimum Gasteiger partial charge on any atom is -0.489 e. The number of aromatic amines is 1. The monoisotopic (exact) mass is 361 g/mol. The maximum atomic E-state index is 11.8. The van der Waals surface area contributed by atoms with Gasteiger partial charge in [-0.3, -0.25) is 20.4 Å². The van der Waals surface area contributed by atoms with E-state index in [0.29, 0.717) is 18.1 Å². The van der Waals surface area contributed by atoms with E-state index in [-0.39, 0.29) is 0 Å². The summed E-state index contributed by atoms with van der Waals surface area (Å²) in [5.41, 5.74) is 6.91. The summed E-state index contributed by atoms with van der Waals surface area (Å²) in [5, 5.41) is 0. The first-order valence-electron chi connectivity index (χ1n) is 8.39. The number of carbonyl (C=O) groups is 2. The number of ether oxygens (including phenoxy) is 1. The van der Waals surface area contributed by atoms with Gasteiger partial charge in [0.1, 0.15) is 18.1 Å². The van der Waals surface area contributed by atoms with E-state index in [4.69, 9.17) is 4.74 Å². The Morgan fingerprint density at radius 1 is 0.963 bits per heavy atom. The number of aromatic nitrogens is 1. The molecule has 6 heteroatoms. The normalized spacial score (nSPS) is 10.5. The Labute approximate surface area is 156 Å². The fourth-order valence-electron chi connectivity index (χ4n) is 2.32. The maximum absolute atomic E-state index is 11.8. The van der Waals surface area contributed by atoms with E-state index in [2.05, 4.69) is 15.8 Å². The molecule has 0 atom stereocenters. The highest BCUT2D eigenvalue weighted by Crippen LogP contribution is 2.16. The van der Waals surface area contributed by atoms with Crippen LogP contribution in [0.5, 0.6) is 5.75 Å². The Balaban J connectivity index is 1.50. The molecule has 27 heavy (non-hydrogen) atoms. The van der Waals surface area contributed by atoms with E-state index in [9.17, 15) is 9.59 Å². The number of hydrogen-bond acceptors (Lipinski definition) is 3. The number of rotatable bonds is 6. The topological polar surface area (TPSA) is 83.2 Å². The molecule has 0 bridgehead atoms. The largest absolute Gasteiger partial charge is 0.489 e. The summed E-state index contributed by atoms with van der Waals surface area (Å²) in [6.45, 7) is 0.471. The second-order valence-corrected chi connectivity index (χ2v) is 5.71. The van der Waals surface area contributed by atoms with Gasteiger partial charge in [-0.1, -0.05) is 42.5 Å². The molecule has 3 N–H and O–H groups in total. The van der Waals surface area contributed by atoms with Gasteiger partial charge in [0, 0.05) is 12.3 Å². The SMILES string of the molecule is O=C(/C=C/c1cccc(OCc2ccccc2)c1)NNC(=O)c1ccc[nH]1. The smallest absolute Gasteiger partial charge is 0.286 e. The number of H-pyrrole nitrogens is 1. The van der Waals surface area contributed by atoms with Gasteiger partial charge in [-0.15, -0.1) is 0 Å². The van der Waals surface area contributed by atoms with E-state index < -0.39 is 11.8 Å². The molecule has 0 radical (unpaired) electrons. The molecule has 2 aromatic carbocycles. The first kappa shape index (κ1) is 18.0. The van der Waals surface area contributed by atoms with Crippen molar-refractivity contribution in [2.75, 3.05) is 0 Å². The van der Waals surface area contributed by atoms with E-state index in [1.807, 2.05) is 54.6 Å². The molecule has 6 nitrogen and oxygen atoms in total. The minimum absolute atomic E-state index is 0.363. The van der Waals surface area contributed by atoms with Crippen LogP contribution in [0.15, 0.2) is 79.0 Å². The Morgan fingerprint density at radius 3 is 2.59 bits per heavy atom. The summed E-state index contributed by atoms with van der Waals surface area (Å²) in [6.07, 6.45) is 4.61. The van der Waals surface area contributed by atoms with E-state index in [1.165, 1.54) is 6.08 Å². The lowest BCUT2D eigenvalue weighted by atomic mass is 10.2. The van der Waals surface area contributed by atoms with Crippen LogP contribution in [0.2, 0.25) is 0 Å². The van der Waals surface area contributed by atoms with Crippen LogP contribution in [0.4, 0.5) is 0 Å².